The number of piperidine rings is 1. The summed E-state index contributed by atoms with van der Waals surface area (Å²) in [6, 6.07) is 11.1. The molecule has 41 heavy (non-hydrogen) atoms. The molecule has 214 valence electrons. The Balaban J connectivity index is 1.49. The molecule has 1 aliphatic rings. The van der Waals surface area contributed by atoms with Gasteiger partial charge in [0.2, 0.25) is 5.91 Å². The number of ether oxygens (including phenoxy) is 1. The highest BCUT2D eigenvalue weighted by molar-refractivity contribution is 6.02. The summed E-state index contributed by atoms with van der Waals surface area (Å²) in [4.78, 5) is 25.3. The fourth-order valence-corrected chi connectivity index (χ4v) is 5.07. The first-order valence-electron chi connectivity index (χ1n) is 13.2. The molecule has 0 bridgehead atoms. The molecule has 10 nitrogen and oxygen atoms in total. The maximum atomic E-state index is 13.5. The van der Waals surface area contributed by atoms with Crippen molar-refractivity contribution in [2.45, 2.75) is 25.5 Å². The van der Waals surface area contributed by atoms with E-state index in [1.165, 1.54) is 12.4 Å². The molecule has 0 radical (unpaired) electrons. The van der Waals surface area contributed by atoms with Crippen molar-refractivity contribution in [3.05, 3.63) is 61.6 Å². The van der Waals surface area contributed by atoms with E-state index < -0.39 is 12.5 Å². The maximum Gasteiger partial charge on any atom is 0.387 e. The molecule has 1 amide bonds. The summed E-state index contributed by atoms with van der Waals surface area (Å²) >= 11 is 0. The van der Waals surface area contributed by atoms with Crippen molar-refractivity contribution in [1.82, 2.24) is 24.6 Å². The van der Waals surface area contributed by atoms with Crippen LogP contribution in [0.4, 0.5) is 31.7 Å². The molecule has 3 heterocycles. The number of aryl methyl sites for hydroxylation is 1. The Hall–Kier alpha value is -4.58. The number of hydrogen-bond donors (Lipinski definition) is 2. The van der Waals surface area contributed by atoms with E-state index in [0.717, 1.165) is 35.4 Å². The van der Waals surface area contributed by atoms with E-state index in [1.54, 1.807) is 23.0 Å². The minimum atomic E-state index is -3.05. The minimum Gasteiger partial charge on any atom is -0.433 e. The summed E-state index contributed by atoms with van der Waals surface area (Å²) < 4.78 is 33.8. The largest absolute Gasteiger partial charge is 0.433 e. The van der Waals surface area contributed by atoms with Gasteiger partial charge in [0.1, 0.15) is 12.1 Å². The van der Waals surface area contributed by atoms with E-state index in [9.17, 15) is 13.6 Å². The molecule has 4 aromatic rings. The summed E-state index contributed by atoms with van der Waals surface area (Å²) in [6.07, 6.45) is 6.11. The van der Waals surface area contributed by atoms with Crippen LogP contribution in [0.1, 0.15) is 12.8 Å². The van der Waals surface area contributed by atoms with Crippen LogP contribution in [-0.2, 0) is 11.8 Å². The third kappa shape index (κ3) is 6.27. The Morgan fingerprint density at radius 3 is 2.63 bits per heavy atom. The number of carbonyl (C=O) groups is 1. The Kier molecular flexibility index (Phi) is 8.11. The van der Waals surface area contributed by atoms with Crippen LogP contribution in [0.15, 0.2) is 61.6 Å². The average Bonchev–Trinajstić information content (AvgIpc) is 3.34. The number of benzene rings is 2. The van der Waals surface area contributed by atoms with Gasteiger partial charge in [0.15, 0.2) is 5.75 Å². The van der Waals surface area contributed by atoms with Gasteiger partial charge >= 0.3 is 6.61 Å². The van der Waals surface area contributed by atoms with Gasteiger partial charge in [-0.1, -0.05) is 12.6 Å². The first kappa shape index (κ1) is 28.0. The van der Waals surface area contributed by atoms with E-state index in [4.69, 9.17) is 4.74 Å². The highest BCUT2D eigenvalue weighted by atomic mass is 19.3. The SMILES string of the molecule is C=CC(=O)Nc1cc(Nc2cc(-c3ccc4c(cnn4C)c3)ncn2)c(OC(F)F)cc1N1CCC(N(C)C)CC1. The zero-order valence-electron chi connectivity index (χ0n) is 23.1. The standard InChI is InChI=1S/C29H32F2N8O2/c1-5-28(40)36-22-13-23(26(41-29(30)31)15-25(22)39-10-8-20(9-11-39)37(2)3)35-27-14-21(32-17-33-27)18-6-7-24-19(12-18)16-34-38(24)4/h5-7,12-17,20,29H,1,8-11H2,2-4H3,(H,36,40)(H,32,33,35). The zero-order valence-corrected chi connectivity index (χ0v) is 23.1. The topological polar surface area (TPSA) is 100 Å². The summed E-state index contributed by atoms with van der Waals surface area (Å²) in [5.41, 5.74) is 3.70. The molecular formula is C29H32F2N8O2. The second-order valence-corrected chi connectivity index (χ2v) is 10.1. The van der Waals surface area contributed by atoms with Crippen LogP contribution in [0.5, 0.6) is 5.75 Å². The van der Waals surface area contributed by atoms with Gasteiger partial charge in [-0.15, -0.1) is 0 Å². The van der Waals surface area contributed by atoms with Gasteiger partial charge in [-0.2, -0.15) is 13.9 Å². The molecule has 0 aliphatic carbocycles. The van der Waals surface area contributed by atoms with Crippen molar-refractivity contribution in [3.8, 4) is 17.0 Å². The lowest BCUT2D eigenvalue weighted by molar-refractivity contribution is -0.111. The first-order chi connectivity index (χ1) is 19.7. The molecule has 2 aromatic heterocycles. The Bertz CT molecular complexity index is 1560. The Morgan fingerprint density at radius 1 is 1.15 bits per heavy atom. The van der Waals surface area contributed by atoms with Gasteiger partial charge in [-0.3, -0.25) is 9.48 Å². The highest BCUT2D eigenvalue weighted by Crippen LogP contribution is 2.40. The van der Waals surface area contributed by atoms with Crippen molar-refractivity contribution in [1.29, 1.82) is 0 Å². The van der Waals surface area contributed by atoms with Crippen LogP contribution >= 0.6 is 0 Å². The maximum absolute atomic E-state index is 13.5. The summed E-state index contributed by atoms with van der Waals surface area (Å²) in [7, 11) is 5.96. The monoisotopic (exact) mass is 562 g/mol. The molecule has 12 heteroatoms. The van der Waals surface area contributed by atoms with E-state index in [2.05, 4.69) is 42.1 Å². The molecule has 0 saturated carbocycles. The second kappa shape index (κ2) is 11.9. The average molecular weight is 563 g/mol. The predicted octanol–water partition coefficient (Wildman–Crippen LogP) is 5.03. The lowest BCUT2D eigenvalue weighted by Crippen LogP contribution is -2.42. The van der Waals surface area contributed by atoms with Crippen LogP contribution in [0.25, 0.3) is 22.2 Å². The van der Waals surface area contributed by atoms with Crippen molar-refractivity contribution >= 4 is 39.7 Å². The van der Waals surface area contributed by atoms with E-state index in [0.29, 0.717) is 42.0 Å². The molecular weight excluding hydrogens is 530 g/mol. The molecule has 1 fully saturated rings. The number of amides is 1. The fourth-order valence-electron chi connectivity index (χ4n) is 5.07. The molecule has 1 aliphatic heterocycles. The number of aromatic nitrogens is 4. The van der Waals surface area contributed by atoms with E-state index >= 15 is 0 Å². The normalized spacial score (nSPS) is 14.1. The highest BCUT2D eigenvalue weighted by Gasteiger charge is 2.25. The van der Waals surface area contributed by atoms with Gasteiger partial charge in [-0.05, 0) is 51.2 Å². The molecule has 2 N–H and O–H groups in total. The fraction of sp³-hybridized carbons (Fsp3) is 0.310. The third-order valence-electron chi connectivity index (χ3n) is 7.26. The van der Waals surface area contributed by atoms with Gasteiger partial charge in [0, 0.05) is 49.3 Å². The number of nitrogens with one attached hydrogen (secondary N) is 2. The van der Waals surface area contributed by atoms with Gasteiger partial charge < -0.3 is 25.2 Å². The lowest BCUT2D eigenvalue weighted by Gasteiger charge is -2.37. The van der Waals surface area contributed by atoms with Gasteiger partial charge in [-0.25, -0.2) is 9.97 Å². The molecule has 1 saturated heterocycles. The third-order valence-corrected chi connectivity index (χ3v) is 7.26. The Labute approximate surface area is 236 Å². The molecule has 2 aromatic carbocycles. The molecule has 0 unspecified atom stereocenters. The zero-order chi connectivity index (χ0) is 29.1. The first-order valence-corrected chi connectivity index (χ1v) is 13.2. The number of anilines is 4. The van der Waals surface area contributed by atoms with Crippen molar-refractivity contribution < 1.29 is 18.3 Å². The van der Waals surface area contributed by atoms with Crippen LogP contribution in [0.3, 0.4) is 0 Å². The van der Waals surface area contributed by atoms with Crippen molar-refractivity contribution in [3.63, 3.8) is 0 Å². The smallest absolute Gasteiger partial charge is 0.387 e. The van der Waals surface area contributed by atoms with E-state index in [1.807, 2.05) is 39.3 Å². The number of alkyl halides is 2. The number of hydrogen-bond acceptors (Lipinski definition) is 8. The number of halogens is 2. The molecule has 0 atom stereocenters. The number of rotatable bonds is 9. The summed E-state index contributed by atoms with van der Waals surface area (Å²) in [6.45, 7) is 1.87. The number of fused-ring (bicyclic) bond motifs is 1. The lowest BCUT2D eigenvalue weighted by atomic mass is 10.0. The molecule has 0 spiro atoms. The van der Waals surface area contributed by atoms with Crippen LogP contribution in [0.2, 0.25) is 0 Å². The quantitative estimate of drug-likeness (QED) is 0.274. The van der Waals surface area contributed by atoms with Crippen LogP contribution in [0, 0.1) is 0 Å². The Morgan fingerprint density at radius 2 is 1.93 bits per heavy atom. The minimum absolute atomic E-state index is 0.0710. The van der Waals surface area contributed by atoms with Gasteiger partial charge in [0.25, 0.3) is 0 Å². The van der Waals surface area contributed by atoms with Crippen LogP contribution in [-0.4, -0.2) is 70.4 Å². The number of nitrogens with zero attached hydrogens (tertiary/aromatic N) is 6. The van der Waals surface area contributed by atoms with E-state index in [-0.39, 0.29) is 11.4 Å². The second-order valence-electron chi connectivity index (χ2n) is 10.1. The molecule has 5 rings (SSSR count). The van der Waals surface area contributed by atoms with Crippen molar-refractivity contribution in [2.24, 2.45) is 7.05 Å². The summed E-state index contributed by atoms with van der Waals surface area (Å²) in [5.74, 6) is -0.128. The van der Waals surface area contributed by atoms with Gasteiger partial charge in [0.05, 0.1) is 34.5 Å². The summed E-state index contributed by atoms with van der Waals surface area (Å²) in [5, 5.41) is 11.1. The van der Waals surface area contributed by atoms with Crippen LogP contribution < -0.4 is 20.3 Å². The van der Waals surface area contributed by atoms with Crippen molar-refractivity contribution in [2.75, 3.05) is 42.7 Å². The number of carbonyl (C=O) groups excluding carboxylic acids is 1. The predicted molar refractivity (Wildman–Crippen MR) is 156 cm³/mol.